The van der Waals surface area contributed by atoms with Gasteiger partial charge in [0.1, 0.15) is 0 Å². The zero-order valence-corrected chi connectivity index (χ0v) is 13.5. The molecule has 112 valence electrons. The fourth-order valence-corrected chi connectivity index (χ4v) is 3.45. The Bertz CT molecular complexity index is 768. The number of hydrogen-bond donors (Lipinski definition) is 1. The minimum Gasteiger partial charge on any atom is -0.369 e. The van der Waals surface area contributed by atoms with Gasteiger partial charge in [0.05, 0.1) is 10.1 Å². The first-order valence-electron chi connectivity index (χ1n) is 6.67. The highest BCUT2D eigenvalue weighted by Crippen LogP contribution is 2.31. The minimum atomic E-state index is -0.372. The molecule has 2 aromatic heterocycles. The molecule has 5 nitrogen and oxygen atoms in total. The lowest BCUT2D eigenvalue weighted by Gasteiger charge is -2.11. The Morgan fingerprint density at radius 3 is 2.64 bits per heavy atom. The molecule has 0 saturated carbocycles. The number of benzene rings is 1. The van der Waals surface area contributed by atoms with Crippen molar-refractivity contribution in [1.29, 1.82) is 0 Å². The Hall–Kier alpha value is -2.12. The maximum absolute atomic E-state index is 11.3. The van der Waals surface area contributed by atoms with Gasteiger partial charge in [-0.2, -0.15) is 0 Å². The summed E-state index contributed by atoms with van der Waals surface area (Å²) in [6, 6.07) is 13.8. The van der Waals surface area contributed by atoms with Crippen LogP contribution in [0.1, 0.15) is 6.92 Å². The minimum absolute atomic E-state index is 0.370. The zero-order chi connectivity index (χ0) is 15.5. The van der Waals surface area contributed by atoms with Crippen LogP contribution in [0.25, 0.3) is 16.4 Å². The van der Waals surface area contributed by atoms with Crippen LogP contribution in [0.15, 0.2) is 53.0 Å². The highest BCUT2D eigenvalue weighted by atomic mass is 32.2. The second kappa shape index (κ2) is 6.33. The van der Waals surface area contributed by atoms with E-state index in [0.717, 1.165) is 16.4 Å². The molecular weight excluding hydrogens is 316 g/mol. The molecule has 1 amide bonds. The topological polar surface area (TPSA) is 73.8 Å². The molecule has 0 unspecified atom stereocenters. The van der Waals surface area contributed by atoms with Gasteiger partial charge < -0.3 is 5.73 Å². The Morgan fingerprint density at radius 2 is 2.00 bits per heavy atom. The first-order valence-corrected chi connectivity index (χ1v) is 8.43. The maximum atomic E-state index is 11.3. The first-order chi connectivity index (χ1) is 10.7. The van der Waals surface area contributed by atoms with E-state index >= 15 is 0 Å². The molecule has 3 aromatic rings. The van der Waals surface area contributed by atoms with Crippen molar-refractivity contribution in [2.24, 2.45) is 5.73 Å². The molecule has 0 bridgehead atoms. The van der Waals surface area contributed by atoms with Crippen molar-refractivity contribution in [2.45, 2.75) is 17.3 Å². The quantitative estimate of drug-likeness (QED) is 0.730. The first kappa shape index (κ1) is 14.8. The van der Waals surface area contributed by atoms with E-state index in [1.807, 2.05) is 52.4 Å². The summed E-state index contributed by atoms with van der Waals surface area (Å²) in [6.45, 7) is 1.77. The molecule has 0 fully saturated rings. The summed E-state index contributed by atoms with van der Waals surface area (Å²) in [7, 11) is 0. The lowest BCUT2D eigenvalue weighted by molar-refractivity contribution is -0.117. The number of aromatic nitrogens is 3. The van der Waals surface area contributed by atoms with Crippen molar-refractivity contribution < 1.29 is 4.79 Å². The van der Waals surface area contributed by atoms with Crippen molar-refractivity contribution in [3.63, 3.8) is 0 Å². The van der Waals surface area contributed by atoms with Crippen LogP contribution in [0, 0.1) is 0 Å². The number of rotatable bonds is 5. The molecule has 7 heteroatoms. The Morgan fingerprint density at radius 1 is 1.23 bits per heavy atom. The number of hydrogen-bond acceptors (Lipinski definition) is 5. The standard InChI is InChI=1S/C15H14N4OS2/c1-10(13(16)20)22-15-18-17-14(12-8-5-9-21-12)19(15)11-6-3-2-4-7-11/h2-10H,1H3,(H2,16,20)/t10-/m1/s1. The molecule has 22 heavy (non-hydrogen) atoms. The summed E-state index contributed by atoms with van der Waals surface area (Å²) >= 11 is 2.91. The van der Waals surface area contributed by atoms with Crippen LogP contribution in [0.5, 0.6) is 0 Å². The largest absolute Gasteiger partial charge is 0.369 e. The highest BCUT2D eigenvalue weighted by Gasteiger charge is 2.20. The number of primary amides is 1. The third kappa shape index (κ3) is 2.90. The number of thiophene rings is 1. The summed E-state index contributed by atoms with van der Waals surface area (Å²) in [5, 5.41) is 10.8. The number of amides is 1. The molecule has 0 saturated heterocycles. The monoisotopic (exact) mass is 330 g/mol. The van der Waals surface area contributed by atoms with Gasteiger partial charge in [0.25, 0.3) is 0 Å². The van der Waals surface area contributed by atoms with E-state index in [1.54, 1.807) is 18.3 Å². The van der Waals surface area contributed by atoms with Crippen molar-refractivity contribution in [1.82, 2.24) is 14.8 Å². The van der Waals surface area contributed by atoms with Crippen LogP contribution in [0.4, 0.5) is 0 Å². The molecule has 3 rings (SSSR count). The fraction of sp³-hybridized carbons (Fsp3) is 0.133. The van der Waals surface area contributed by atoms with Gasteiger partial charge in [-0.3, -0.25) is 9.36 Å². The van der Waals surface area contributed by atoms with E-state index in [2.05, 4.69) is 10.2 Å². The molecule has 0 radical (unpaired) electrons. The van der Waals surface area contributed by atoms with E-state index in [-0.39, 0.29) is 11.2 Å². The lowest BCUT2D eigenvalue weighted by Crippen LogP contribution is -2.23. The van der Waals surface area contributed by atoms with E-state index in [4.69, 9.17) is 5.73 Å². The third-order valence-electron chi connectivity index (χ3n) is 3.07. The maximum Gasteiger partial charge on any atom is 0.230 e. The van der Waals surface area contributed by atoms with Crippen LogP contribution >= 0.6 is 23.1 Å². The van der Waals surface area contributed by atoms with Crippen LogP contribution in [0.2, 0.25) is 0 Å². The smallest absolute Gasteiger partial charge is 0.230 e. The van der Waals surface area contributed by atoms with E-state index < -0.39 is 0 Å². The SMILES string of the molecule is C[C@@H](Sc1nnc(-c2cccs2)n1-c1ccccc1)C(N)=O. The van der Waals surface area contributed by atoms with Crippen LogP contribution in [0.3, 0.4) is 0 Å². The van der Waals surface area contributed by atoms with Crippen LogP contribution < -0.4 is 5.73 Å². The van der Waals surface area contributed by atoms with Crippen LogP contribution in [-0.2, 0) is 4.79 Å². The second-order valence-electron chi connectivity index (χ2n) is 4.62. The predicted octanol–water partition coefficient (Wildman–Crippen LogP) is 2.96. The molecule has 0 aliphatic carbocycles. The average Bonchev–Trinajstić information content (AvgIpc) is 3.16. The molecular formula is C15H14N4OS2. The Kier molecular flexibility index (Phi) is 4.26. The Labute approximate surface area is 136 Å². The third-order valence-corrected chi connectivity index (χ3v) is 5.00. The van der Waals surface area contributed by atoms with Gasteiger partial charge in [0.2, 0.25) is 5.91 Å². The highest BCUT2D eigenvalue weighted by molar-refractivity contribution is 8.00. The van der Waals surface area contributed by atoms with Crippen molar-refractivity contribution in [3.8, 4) is 16.4 Å². The van der Waals surface area contributed by atoms with Gasteiger partial charge in [-0.1, -0.05) is 36.0 Å². The molecule has 2 N–H and O–H groups in total. The molecule has 1 atom stereocenters. The predicted molar refractivity (Wildman–Crippen MR) is 89.2 cm³/mol. The van der Waals surface area contributed by atoms with E-state index in [9.17, 15) is 4.79 Å². The number of nitrogens with zero attached hydrogens (tertiary/aromatic N) is 3. The van der Waals surface area contributed by atoms with E-state index in [0.29, 0.717) is 5.16 Å². The van der Waals surface area contributed by atoms with Gasteiger partial charge in [0, 0.05) is 5.69 Å². The van der Waals surface area contributed by atoms with Gasteiger partial charge in [-0.15, -0.1) is 21.5 Å². The van der Waals surface area contributed by atoms with Gasteiger partial charge in [-0.25, -0.2) is 0 Å². The summed E-state index contributed by atoms with van der Waals surface area (Å²) in [5.41, 5.74) is 6.31. The average molecular weight is 330 g/mol. The molecule has 0 spiro atoms. The number of carbonyl (C=O) groups excluding carboxylic acids is 1. The molecule has 0 aliphatic rings. The number of carbonyl (C=O) groups is 1. The number of thioether (sulfide) groups is 1. The normalized spacial score (nSPS) is 12.2. The lowest BCUT2D eigenvalue weighted by atomic mass is 10.3. The molecule has 1 aromatic carbocycles. The van der Waals surface area contributed by atoms with Crippen molar-refractivity contribution in [2.75, 3.05) is 0 Å². The number of para-hydroxylation sites is 1. The van der Waals surface area contributed by atoms with Gasteiger partial charge in [0.15, 0.2) is 11.0 Å². The zero-order valence-electron chi connectivity index (χ0n) is 11.8. The summed E-state index contributed by atoms with van der Waals surface area (Å²) in [5.74, 6) is 0.394. The van der Waals surface area contributed by atoms with Crippen molar-refractivity contribution >= 4 is 29.0 Å². The van der Waals surface area contributed by atoms with Gasteiger partial charge in [-0.05, 0) is 30.5 Å². The molecule has 0 aliphatic heterocycles. The number of nitrogens with two attached hydrogens (primary N) is 1. The fourth-order valence-electron chi connectivity index (χ4n) is 1.94. The van der Waals surface area contributed by atoms with Gasteiger partial charge >= 0.3 is 0 Å². The van der Waals surface area contributed by atoms with Crippen molar-refractivity contribution in [3.05, 3.63) is 47.8 Å². The second-order valence-corrected chi connectivity index (χ2v) is 6.87. The summed E-state index contributed by atoms with van der Waals surface area (Å²) in [6.07, 6.45) is 0. The van der Waals surface area contributed by atoms with E-state index in [1.165, 1.54) is 11.8 Å². The molecule has 2 heterocycles. The van der Waals surface area contributed by atoms with Crippen LogP contribution in [-0.4, -0.2) is 25.9 Å². The summed E-state index contributed by atoms with van der Waals surface area (Å²) in [4.78, 5) is 12.4. The Balaban J connectivity index is 2.10. The summed E-state index contributed by atoms with van der Waals surface area (Å²) < 4.78 is 1.95.